The van der Waals surface area contributed by atoms with Crippen molar-refractivity contribution < 1.29 is 4.74 Å². The van der Waals surface area contributed by atoms with Gasteiger partial charge in [-0.1, -0.05) is 42.5 Å². The lowest BCUT2D eigenvalue weighted by atomic mass is 9.75. The summed E-state index contributed by atoms with van der Waals surface area (Å²) in [6.07, 6.45) is 12.9. The number of fused-ring (bicyclic) bond motifs is 2. The highest BCUT2D eigenvalue weighted by atomic mass is 32.3. The molecule has 0 saturated carbocycles. The number of benzene rings is 2. The zero-order valence-electron chi connectivity index (χ0n) is 20.7. The Morgan fingerprint density at radius 1 is 1.03 bits per heavy atom. The van der Waals surface area contributed by atoms with Gasteiger partial charge in [-0.2, -0.15) is 5.26 Å². The van der Waals surface area contributed by atoms with Gasteiger partial charge in [0.1, 0.15) is 18.7 Å². The van der Waals surface area contributed by atoms with Crippen molar-refractivity contribution in [2.24, 2.45) is 0 Å². The Balaban J connectivity index is 1.45. The highest BCUT2D eigenvalue weighted by molar-refractivity contribution is 8.32. The van der Waals surface area contributed by atoms with Gasteiger partial charge in [0.05, 0.1) is 18.4 Å². The van der Waals surface area contributed by atoms with Crippen molar-refractivity contribution in [1.29, 1.82) is 5.26 Å². The van der Waals surface area contributed by atoms with Crippen molar-refractivity contribution in [3.05, 3.63) is 83.8 Å². The molecule has 0 bridgehead atoms. The van der Waals surface area contributed by atoms with E-state index in [0.29, 0.717) is 13.2 Å². The van der Waals surface area contributed by atoms with Gasteiger partial charge in [-0.15, -0.1) is 0 Å². The molecule has 0 fully saturated rings. The summed E-state index contributed by atoms with van der Waals surface area (Å²) in [6, 6.07) is 21.7. The van der Waals surface area contributed by atoms with Crippen LogP contribution in [0.25, 0.3) is 22.3 Å². The van der Waals surface area contributed by atoms with E-state index < -0.39 is 10.0 Å². The molecule has 0 saturated heterocycles. The fourth-order valence-corrected chi connectivity index (χ4v) is 5.70. The number of hydrogen-bond donors (Lipinski definition) is 0. The smallest absolute Gasteiger partial charge is 0.145 e. The minimum Gasteiger partial charge on any atom is -0.360 e. The first-order valence-corrected chi connectivity index (χ1v) is 15.0. The molecule has 2 aromatic carbocycles. The van der Waals surface area contributed by atoms with E-state index in [1.54, 1.807) is 6.33 Å². The first-order valence-electron chi connectivity index (χ1n) is 12.0. The van der Waals surface area contributed by atoms with Crippen molar-refractivity contribution in [2.45, 2.75) is 31.4 Å². The Bertz CT molecular complexity index is 1370. The van der Waals surface area contributed by atoms with Crippen LogP contribution in [0.15, 0.2) is 67.1 Å². The molecule has 5 rings (SSSR count). The van der Waals surface area contributed by atoms with Crippen LogP contribution < -0.4 is 0 Å². The number of nitriles is 1. The number of ether oxygens (including phenoxy) is 1. The molecule has 0 aliphatic heterocycles. The lowest BCUT2D eigenvalue weighted by Crippen LogP contribution is -2.26. The van der Waals surface area contributed by atoms with Crippen LogP contribution in [0.1, 0.15) is 23.1 Å². The minimum absolute atomic E-state index is 0.199. The summed E-state index contributed by atoms with van der Waals surface area (Å²) in [4.78, 5) is 9.23. The molecule has 2 heterocycles. The van der Waals surface area contributed by atoms with Crippen LogP contribution in [0.5, 0.6) is 0 Å². The van der Waals surface area contributed by atoms with E-state index in [4.69, 9.17) is 4.74 Å². The molecule has 6 heteroatoms. The van der Waals surface area contributed by atoms with Gasteiger partial charge < -0.3 is 9.30 Å². The van der Waals surface area contributed by atoms with E-state index in [2.05, 4.69) is 89.4 Å². The van der Waals surface area contributed by atoms with Crippen LogP contribution in [0.3, 0.4) is 0 Å². The second-order valence-electron chi connectivity index (χ2n) is 10.4. The van der Waals surface area contributed by atoms with Gasteiger partial charge in [-0.3, -0.25) is 0 Å². The van der Waals surface area contributed by atoms with E-state index in [0.717, 1.165) is 47.5 Å². The standard InChI is InChI=1S/C29H32N4OS/c1-35(2,3)16-15-34-21-33-14-11-26-27(31-20-32-28(26)33)22-9-6-10-25(17-22)29(12-13-30)18-23-7-4-5-8-24(23)19-29/h4-11,14,17,20H,12,15-16,18-19,21H2,1-3H3. The SMILES string of the molecule is CS(C)(C)CCOCn1ccc2c(-c3cccc(C4(CC#N)Cc5ccccc5C4)c3)ncnc21. The normalized spacial score (nSPS) is 15.1. The zero-order chi connectivity index (χ0) is 24.5. The van der Waals surface area contributed by atoms with Crippen LogP contribution >= 0.6 is 10.0 Å². The predicted octanol–water partition coefficient (Wildman–Crippen LogP) is 5.72. The maximum absolute atomic E-state index is 9.71. The molecule has 1 aliphatic rings. The molecule has 0 radical (unpaired) electrons. The predicted molar refractivity (Wildman–Crippen MR) is 145 cm³/mol. The quantitative estimate of drug-likeness (QED) is 0.300. The lowest BCUT2D eigenvalue weighted by Gasteiger charge is -2.27. The third kappa shape index (κ3) is 4.84. The highest BCUT2D eigenvalue weighted by Crippen LogP contribution is 2.43. The molecule has 0 atom stereocenters. The average Bonchev–Trinajstić information content (AvgIpc) is 3.43. The third-order valence-corrected chi connectivity index (χ3v) is 8.36. The Morgan fingerprint density at radius 3 is 2.51 bits per heavy atom. The van der Waals surface area contributed by atoms with E-state index >= 15 is 0 Å². The van der Waals surface area contributed by atoms with Gasteiger partial charge in [0.15, 0.2) is 0 Å². The first kappa shape index (κ1) is 23.6. The monoisotopic (exact) mass is 484 g/mol. The van der Waals surface area contributed by atoms with Crippen molar-refractivity contribution in [1.82, 2.24) is 14.5 Å². The third-order valence-electron chi connectivity index (χ3n) is 6.97. The number of aromatic nitrogens is 3. The van der Waals surface area contributed by atoms with Crippen molar-refractivity contribution >= 4 is 21.1 Å². The van der Waals surface area contributed by atoms with Crippen molar-refractivity contribution in [3.63, 3.8) is 0 Å². The molecular formula is C29H32N4OS. The van der Waals surface area contributed by atoms with E-state index in [1.165, 1.54) is 16.7 Å². The summed E-state index contributed by atoms with van der Waals surface area (Å²) in [6.45, 7) is 1.24. The van der Waals surface area contributed by atoms with Crippen molar-refractivity contribution in [2.75, 3.05) is 31.1 Å². The molecule has 0 amide bonds. The minimum atomic E-state index is -0.568. The van der Waals surface area contributed by atoms with E-state index in [9.17, 15) is 5.26 Å². The molecule has 35 heavy (non-hydrogen) atoms. The number of hydrogen-bond acceptors (Lipinski definition) is 4. The highest BCUT2D eigenvalue weighted by Gasteiger charge is 2.38. The average molecular weight is 485 g/mol. The van der Waals surface area contributed by atoms with E-state index in [1.807, 2.05) is 10.8 Å². The van der Waals surface area contributed by atoms with Gasteiger partial charge in [0, 0.05) is 34.7 Å². The summed E-state index contributed by atoms with van der Waals surface area (Å²) in [5, 5.41) is 10.7. The summed E-state index contributed by atoms with van der Waals surface area (Å²) >= 11 is 0. The summed E-state index contributed by atoms with van der Waals surface area (Å²) < 4.78 is 8.01. The molecule has 1 aliphatic carbocycles. The summed E-state index contributed by atoms with van der Waals surface area (Å²) in [5.74, 6) is 1.09. The first-order chi connectivity index (χ1) is 16.9. The maximum atomic E-state index is 9.71. The molecular weight excluding hydrogens is 452 g/mol. The van der Waals surface area contributed by atoms with Gasteiger partial charge in [0.25, 0.3) is 0 Å². The van der Waals surface area contributed by atoms with Gasteiger partial charge >= 0.3 is 0 Å². The molecule has 2 aromatic heterocycles. The maximum Gasteiger partial charge on any atom is 0.145 e. The molecule has 4 aromatic rings. The number of nitrogens with zero attached hydrogens (tertiary/aromatic N) is 4. The van der Waals surface area contributed by atoms with Crippen LogP contribution in [0.2, 0.25) is 0 Å². The topological polar surface area (TPSA) is 63.7 Å². The fourth-order valence-electron chi connectivity index (χ4n) is 5.08. The van der Waals surface area contributed by atoms with E-state index in [-0.39, 0.29) is 5.41 Å². The van der Waals surface area contributed by atoms with Gasteiger partial charge in [-0.05, 0) is 60.4 Å². The summed E-state index contributed by atoms with van der Waals surface area (Å²) in [5.41, 5.74) is 6.55. The molecule has 0 spiro atoms. The lowest BCUT2D eigenvalue weighted by molar-refractivity contribution is 0.0923. The second kappa shape index (κ2) is 9.49. The Labute approximate surface area is 209 Å². The molecule has 180 valence electrons. The summed E-state index contributed by atoms with van der Waals surface area (Å²) in [7, 11) is -0.568. The van der Waals surface area contributed by atoms with Gasteiger partial charge in [-0.25, -0.2) is 20.0 Å². The largest absolute Gasteiger partial charge is 0.360 e. The molecule has 0 unspecified atom stereocenters. The van der Waals surface area contributed by atoms with Crippen LogP contribution in [0, 0.1) is 11.3 Å². The van der Waals surface area contributed by atoms with Crippen LogP contribution in [0.4, 0.5) is 0 Å². The Hall–Kier alpha value is -3.14. The number of rotatable bonds is 8. The Kier molecular flexibility index (Phi) is 6.39. The van der Waals surface area contributed by atoms with Crippen molar-refractivity contribution in [3.8, 4) is 17.3 Å². The molecule has 5 nitrogen and oxygen atoms in total. The zero-order valence-corrected chi connectivity index (χ0v) is 21.5. The molecule has 0 N–H and O–H groups in total. The van der Waals surface area contributed by atoms with Gasteiger partial charge in [0.2, 0.25) is 0 Å². The Morgan fingerprint density at radius 2 is 1.80 bits per heavy atom. The van der Waals surface area contributed by atoms with Crippen LogP contribution in [-0.4, -0.2) is 45.7 Å². The fraction of sp³-hybridized carbons (Fsp3) is 0.345. The second-order valence-corrected chi connectivity index (χ2v) is 15.0. The van der Waals surface area contributed by atoms with Crippen LogP contribution in [-0.2, 0) is 29.7 Å².